The minimum atomic E-state index is -1.41. The SMILES string of the molecule is C=C1C(=O)[C@@]23C[C@@H]1C[C@H](OC(C)=O)[C@H]2[C@]1(C)[C@@H](OC(C)=O)C[C@H](O)C(C)(C)[C@H]1[C@@H](O)[C@@H]3OC(C)=O. The molecule has 4 fully saturated rings. The lowest BCUT2D eigenvalue weighted by atomic mass is 9.37. The largest absolute Gasteiger partial charge is 0.462 e. The first-order valence-corrected chi connectivity index (χ1v) is 12.2. The van der Waals surface area contributed by atoms with Crippen LogP contribution in [0, 0.1) is 34.0 Å². The van der Waals surface area contributed by atoms with Crippen LogP contribution in [0.2, 0.25) is 0 Å². The molecule has 35 heavy (non-hydrogen) atoms. The number of fused-ring (bicyclic) bond motifs is 3. The van der Waals surface area contributed by atoms with Gasteiger partial charge in [0.2, 0.25) is 0 Å². The van der Waals surface area contributed by atoms with Crippen molar-refractivity contribution in [2.45, 2.75) is 91.3 Å². The molecule has 0 saturated heterocycles. The van der Waals surface area contributed by atoms with E-state index in [1.54, 1.807) is 13.8 Å². The van der Waals surface area contributed by atoms with Gasteiger partial charge in [0.1, 0.15) is 18.3 Å². The van der Waals surface area contributed by atoms with E-state index in [9.17, 15) is 29.4 Å². The van der Waals surface area contributed by atoms with Crippen LogP contribution in [0.3, 0.4) is 0 Å². The van der Waals surface area contributed by atoms with Crippen molar-refractivity contribution >= 4 is 23.7 Å². The molecule has 194 valence electrons. The molecule has 4 saturated carbocycles. The molecule has 0 unspecified atom stereocenters. The van der Waals surface area contributed by atoms with Crippen LogP contribution in [0.1, 0.15) is 60.8 Å². The highest BCUT2D eigenvalue weighted by Crippen LogP contribution is 2.72. The van der Waals surface area contributed by atoms with Crippen molar-refractivity contribution in [1.29, 1.82) is 0 Å². The lowest BCUT2D eigenvalue weighted by Crippen LogP contribution is -2.76. The number of ketones is 1. The second kappa shape index (κ2) is 8.13. The summed E-state index contributed by atoms with van der Waals surface area (Å²) in [5.74, 6) is -3.89. The number of allylic oxidation sites excluding steroid dienone is 1. The summed E-state index contributed by atoms with van der Waals surface area (Å²) in [6.45, 7) is 13.2. The molecule has 4 aliphatic rings. The summed E-state index contributed by atoms with van der Waals surface area (Å²) in [7, 11) is 0. The predicted octanol–water partition coefficient (Wildman–Crippen LogP) is 1.72. The molecule has 2 N–H and O–H groups in total. The molecule has 0 amide bonds. The Morgan fingerprint density at radius 1 is 0.914 bits per heavy atom. The van der Waals surface area contributed by atoms with Crippen LogP contribution in [0.25, 0.3) is 0 Å². The van der Waals surface area contributed by atoms with Gasteiger partial charge in [-0.3, -0.25) is 19.2 Å². The standard InChI is InChI=1S/C26H36O9/c1-11-15-8-16(33-12(2)27)20-25(7)18(34-13(3)28)9-17(30)24(5,6)21(25)19(31)23(35-14(4)29)26(20,10-15)22(11)32/h15-21,23,30-31H,1,8-10H2,2-7H3/t15-,16-,17-,18-,19+,20-,21+,23-,25-,26+/m0/s1. The Balaban J connectivity index is 2.03. The molecule has 0 aromatic heterocycles. The van der Waals surface area contributed by atoms with Gasteiger partial charge in [0.05, 0.1) is 17.6 Å². The van der Waals surface area contributed by atoms with Gasteiger partial charge in [-0.25, -0.2) is 0 Å². The third-order valence-electron chi connectivity index (χ3n) is 9.44. The number of Topliss-reactive ketones (excluding diaryl/α,β-unsaturated/α-hetero) is 1. The monoisotopic (exact) mass is 492 g/mol. The number of aliphatic hydroxyl groups is 2. The molecule has 0 aliphatic heterocycles. The molecule has 1 spiro atoms. The highest BCUT2D eigenvalue weighted by Gasteiger charge is 2.79. The van der Waals surface area contributed by atoms with E-state index >= 15 is 0 Å². The fourth-order valence-corrected chi connectivity index (χ4v) is 8.44. The Morgan fingerprint density at radius 2 is 1.49 bits per heavy atom. The summed E-state index contributed by atoms with van der Waals surface area (Å²) in [6, 6.07) is 0. The van der Waals surface area contributed by atoms with Crippen molar-refractivity contribution in [1.82, 2.24) is 0 Å². The Bertz CT molecular complexity index is 985. The van der Waals surface area contributed by atoms with E-state index in [1.807, 2.05) is 6.92 Å². The molecule has 9 nitrogen and oxygen atoms in total. The average molecular weight is 493 g/mol. The summed E-state index contributed by atoms with van der Waals surface area (Å²) in [6.07, 6.45) is -4.48. The van der Waals surface area contributed by atoms with Crippen LogP contribution in [0.4, 0.5) is 0 Å². The van der Waals surface area contributed by atoms with Gasteiger partial charge in [0, 0.05) is 44.4 Å². The zero-order valence-electron chi connectivity index (χ0n) is 21.2. The average Bonchev–Trinajstić information content (AvgIpc) is 2.90. The van der Waals surface area contributed by atoms with Crippen molar-refractivity contribution in [3.8, 4) is 0 Å². The molecular formula is C26H36O9. The van der Waals surface area contributed by atoms with E-state index in [0.29, 0.717) is 12.0 Å². The van der Waals surface area contributed by atoms with Crippen LogP contribution in [0.15, 0.2) is 12.2 Å². The summed E-state index contributed by atoms with van der Waals surface area (Å²) in [5.41, 5.74) is -3.07. The molecular weight excluding hydrogens is 456 g/mol. The van der Waals surface area contributed by atoms with Gasteiger partial charge in [-0.15, -0.1) is 0 Å². The van der Waals surface area contributed by atoms with Crippen molar-refractivity contribution in [2.24, 2.45) is 34.0 Å². The highest BCUT2D eigenvalue weighted by atomic mass is 16.6. The van der Waals surface area contributed by atoms with E-state index in [2.05, 4.69) is 6.58 Å². The van der Waals surface area contributed by atoms with Gasteiger partial charge in [0.25, 0.3) is 0 Å². The second-order valence-corrected chi connectivity index (χ2v) is 11.7. The van der Waals surface area contributed by atoms with E-state index in [0.717, 1.165) is 0 Å². The van der Waals surface area contributed by atoms with Crippen LogP contribution in [-0.4, -0.2) is 64.4 Å². The van der Waals surface area contributed by atoms with Crippen LogP contribution in [0.5, 0.6) is 0 Å². The number of carbonyl (C=O) groups is 4. The molecule has 4 aliphatic carbocycles. The fourth-order valence-electron chi connectivity index (χ4n) is 8.44. The molecule has 4 rings (SSSR count). The summed E-state index contributed by atoms with van der Waals surface area (Å²) in [5, 5.41) is 23.0. The first kappa shape index (κ1) is 25.8. The Kier molecular flexibility index (Phi) is 6.00. The normalized spacial score (nSPS) is 45.7. The zero-order chi connectivity index (χ0) is 26.2. The first-order valence-electron chi connectivity index (χ1n) is 12.2. The Hall–Kier alpha value is -2.26. The van der Waals surface area contributed by atoms with Gasteiger partial charge >= 0.3 is 17.9 Å². The third-order valence-corrected chi connectivity index (χ3v) is 9.44. The quantitative estimate of drug-likeness (QED) is 0.343. The Labute approximate surface area is 205 Å². The topological polar surface area (TPSA) is 136 Å². The maximum atomic E-state index is 14.0. The number of carbonyl (C=O) groups excluding carboxylic acids is 4. The zero-order valence-corrected chi connectivity index (χ0v) is 21.2. The van der Waals surface area contributed by atoms with Crippen LogP contribution in [-0.2, 0) is 33.4 Å². The minimum absolute atomic E-state index is 0.0858. The van der Waals surface area contributed by atoms with Crippen molar-refractivity contribution in [3.63, 3.8) is 0 Å². The molecule has 0 radical (unpaired) electrons. The number of ether oxygens (including phenoxy) is 3. The van der Waals surface area contributed by atoms with E-state index in [4.69, 9.17) is 14.2 Å². The fraction of sp³-hybridized carbons (Fsp3) is 0.769. The maximum Gasteiger partial charge on any atom is 0.303 e. The minimum Gasteiger partial charge on any atom is -0.462 e. The predicted molar refractivity (Wildman–Crippen MR) is 121 cm³/mol. The van der Waals surface area contributed by atoms with E-state index in [-0.39, 0.29) is 24.5 Å². The van der Waals surface area contributed by atoms with Gasteiger partial charge in [-0.1, -0.05) is 27.4 Å². The summed E-state index contributed by atoms with van der Waals surface area (Å²) in [4.78, 5) is 50.6. The molecule has 9 heteroatoms. The summed E-state index contributed by atoms with van der Waals surface area (Å²) < 4.78 is 17.3. The number of esters is 3. The van der Waals surface area contributed by atoms with Gasteiger partial charge in [-0.05, 0) is 29.7 Å². The third kappa shape index (κ3) is 3.41. The smallest absolute Gasteiger partial charge is 0.303 e. The number of hydrogen-bond donors (Lipinski definition) is 2. The maximum absolute atomic E-state index is 14.0. The lowest BCUT2D eigenvalue weighted by Gasteiger charge is -2.69. The molecule has 10 atom stereocenters. The first-order chi connectivity index (χ1) is 16.1. The van der Waals surface area contributed by atoms with Crippen molar-refractivity contribution in [2.75, 3.05) is 0 Å². The van der Waals surface area contributed by atoms with Crippen LogP contribution >= 0.6 is 0 Å². The molecule has 0 aromatic rings. The number of hydrogen-bond acceptors (Lipinski definition) is 9. The van der Waals surface area contributed by atoms with Crippen molar-refractivity contribution in [3.05, 3.63) is 12.2 Å². The van der Waals surface area contributed by atoms with Gasteiger partial charge < -0.3 is 24.4 Å². The van der Waals surface area contributed by atoms with Gasteiger partial charge in [-0.2, -0.15) is 0 Å². The number of rotatable bonds is 3. The molecule has 2 bridgehead atoms. The highest BCUT2D eigenvalue weighted by molar-refractivity contribution is 6.04. The Morgan fingerprint density at radius 3 is 2.03 bits per heavy atom. The van der Waals surface area contributed by atoms with E-state index < -0.39 is 76.5 Å². The lowest BCUT2D eigenvalue weighted by molar-refractivity contribution is -0.307. The number of aliphatic hydroxyl groups excluding tert-OH is 2. The van der Waals surface area contributed by atoms with Gasteiger partial charge in [0.15, 0.2) is 5.78 Å². The molecule has 0 aromatic carbocycles. The van der Waals surface area contributed by atoms with E-state index in [1.165, 1.54) is 20.8 Å². The summed E-state index contributed by atoms with van der Waals surface area (Å²) >= 11 is 0. The second-order valence-electron chi connectivity index (χ2n) is 11.7. The van der Waals surface area contributed by atoms with Crippen LogP contribution < -0.4 is 0 Å². The van der Waals surface area contributed by atoms with Crippen molar-refractivity contribution < 1.29 is 43.6 Å². The molecule has 0 heterocycles.